The minimum absolute atomic E-state index is 0.609. The zero-order chi connectivity index (χ0) is 10.1. The largest absolute Gasteiger partial charge is 0.341 e. The first-order chi connectivity index (χ1) is 7.42. The van der Waals surface area contributed by atoms with E-state index in [2.05, 4.69) is 26.7 Å². The van der Waals surface area contributed by atoms with Crippen LogP contribution < -0.4 is 10.6 Å². The van der Waals surface area contributed by atoms with E-state index in [1.807, 2.05) is 18.2 Å². The molecule has 3 N–H and O–H groups in total. The Morgan fingerprint density at radius 3 is 2.93 bits per heavy atom. The molecule has 0 spiro atoms. The van der Waals surface area contributed by atoms with Gasteiger partial charge in [0.25, 0.3) is 0 Å². The second kappa shape index (κ2) is 3.64. The Bertz CT molecular complexity index is 425. The van der Waals surface area contributed by atoms with E-state index in [1.54, 1.807) is 0 Å². The molecule has 1 aliphatic rings. The van der Waals surface area contributed by atoms with Crippen LogP contribution in [0.15, 0.2) is 24.3 Å². The molecule has 0 saturated carbocycles. The summed E-state index contributed by atoms with van der Waals surface area (Å²) in [7, 11) is 0. The quantitative estimate of drug-likeness (QED) is 0.684. The van der Waals surface area contributed by atoms with E-state index in [0.717, 1.165) is 36.5 Å². The summed E-state index contributed by atoms with van der Waals surface area (Å²) in [6.07, 6.45) is 0. The van der Waals surface area contributed by atoms with Crippen LogP contribution in [0.2, 0.25) is 0 Å². The van der Waals surface area contributed by atoms with Crippen LogP contribution in [0.3, 0.4) is 0 Å². The van der Waals surface area contributed by atoms with Crippen LogP contribution in [-0.2, 0) is 6.54 Å². The van der Waals surface area contributed by atoms with E-state index in [4.69, 9.17) is 0 Å². The van der Waals surface area contributed by atoms with Gasteiger partial charge in [-0.1, -0.05) is 12.1 Å². The second-order valence-corrected chi connectivity index (χ2v) is 3.94. The van der Waals surface area contributed by atoms with Crippen molar-refractivity contribution in [1.82, 2.24) is 20.6 Å². The minimum Gasteiger partial charge on any atom is -0.341 e. The minimum atomic E-state index is 0.609. The highest BCUT2D eigenvalue weighted by molar-refractivity contribution is 5.74. The van der Waals surface area contributed by atoms with Gasteiger partial charge in [-0.25, -0.2) is 4.98 Å². The summed E-state index contributed by atoms with van der Waals surface area (Å²) in [4.78, 5) is 7.81. The maximum Gasteiger partial charge on any atom is 0.121 e. The number of H-pyrrole nitrogens is 1. The normalized spacial score (nSPS) is 16.8. The Kier molecular flexibility index (Phi) is 2.16. The molecule has 1 aromatic carbocycles. The van der Waals surface area contributed by atoms with E-state index in [-0.39, 0.29) is 0 Å². The monoisotopic (exact) mass is 202 g/mol. The lowest BCUT2D eigenvalue weighted by Gasteiger charge is -2.27. The summed E-state index contributed by atoms with van der Waals surface area (Å²) < 4.78 is 0. The molecular weight excluding hydrogens is 188 g/mol. The van der Waals surface area contributed by atoms with Crippen molar-refractivity contribution in [2.24, 2.45) is 0 Å². The number of hydrogen-bond acceptors (Lipinski definition) is 3. The predicted molar refractivity (Wildman–Crippen MR) is 59.6 cm³/mol. The standard InChI is InChI=1S/C11H14N4/c1-2-4-10-9(3-1)14-11(15-10)7-13-8-5-12-6-8/h1-4,8,12-13H,5-7H2,(H,14,15). The van der Waals surface area contributed by atoms with Gasteiger partial charge in [-0.3, -0.25) is 0 Å². The van der Waals surface area contributed by atoms with Gasteiger partial charge in [0.05, 0.1) is 17.6 Å². The zero-order valence-electron chi connectivity index (χ0n) is 8.46. The summed E-state index contributed by atoms with van der Waals surface area (Å²) in [6, 6.07) is 8.72. The topological polar surface area (TPSA) is 52.7 Å². The fourth-order valence-electron chi connectivity index (χ4n) is 1.76. The highest BCUT2D eigenvalue weighted by Crippen LogP contribution is 2.10. The molecule has 4 heteroatoms. The SMILES string of the molecule is c1ccc2[nH]c(CNC3CNC3)nc2c1. The van der Waals surface area contributed by atoms with Crippen molar-refractivity contribution in [3.63, 3.8) is 0 Å². The molecule has 15 heavy (non-hydrogen) atoms. The molecule has 0 radical (unpaired) electrons. The Morgan fingerprint density at radius 1 is 1.33 bits per heavy atom. The van der Waals surface area contributed by atoms with E-state index in [0.29, 0.717) is 6.04 Å². The summed E-state index contributed by atoms with van der Waals surface area (Å²) in [5.74, 6) is 1.02. The number of para-hydroxylation sites is 2. The van der Waals surface area contributed by atoms with Gasteiger partial charge in [-0.2, -0.15) is 0 Å². The lowest BCUT2D eigenvalue weighted by atomic mass is 10.2. The average molecular weight is 202 g/mol. The smallest absolute Gasteiger partial charge is 0.121 e. The summed E-state index contributed by atoms with van der Waals surface area (Å²) in [5, 5.41) is 6.67. The number of nitrogens with zero attached hydrogens (tertiary/aromatic N) is 1. The van der Waals surface area contributed by atoms with Gasteiger partial charge in [0.15, 0.2) is 0 Å². The Balaban J connectivity index is 1.73. The van der Waals surface area contributed by atoms with Crippen LogP contribution in [0.5, 0.6) is 0 Å². The molecule has 1 aromatic heterocycles. The van der Waals surface area contributed by atoms with E-state index < -0.39 is 0 Å². The van der Waals surface area contributed by atoms with Gasteiger partial charge in [0.2, 0.25) is 0 Å². The number of hydrogen-bond donors (Lipinski definition) is 3. The van der Waals surface area contributed by atoms with Gasteiger partial charge in [-0.05, 0) is 12.1 Å². The molecule has 0 unspecified atom stereocenters. The van der Waals surface area contributed by atoms with Crippen molar-refractivity contribution in [2.45, 2.75) is 12.6 Å². The fourth-order valence-corrected chi connectivity index (χ4v) is 1.76. The molecule has 0 amide bonds. The number of fused-ring (bicyclic) bond motifs is 1. The van der Waals surface area contributed by atoms with E-state index in [9.17, 15) is 0 Å². The lowest BCUT2D eigenvalue weighted by molar-refractivity contribution is 0.362. The molecule has 1 fully saturated rings. The highest BCUT2D eigenvalue weighted by Gasteiger charge is 2.15. The predicted octanol–water partition coefficient (Wildman–Crippen LogP) is 0.624. The first-order valence-corrected chi connectivity index (χ1v) is 5.29. The van der Waals surface area contributed by atoms with Crippen LogP contribution in [-0.4, -0.2) is 29.1 Å². The molecule has 2 aromatic rings. The first kappa shape index (κ1) is 8.88. The van der Waals surface area contributed by atoms with Gasteiger partial charge in [0, 0.05) is 19.1 Å². The molecule has 4 nitrogen and oxygen atoms in total. The third kappa shape index (κ3) is 1.73. The number of aromatic nitrogens is 2. The van der Waals surface area contributed by atoms with Crippen molar-refractivity contribution in [3.8, 4) is 0 Å². The van der Waals surface area contributed by atoms with Crippen LogP contribution in [0.1, 0.15) is 5.82 Å². The van der Waals surface area contributed by atoms with Crippen molar-refractivity contribution >= 4 is 11.0 Å². The number of benzene rings is 1. The third-order valence-electron chi connectivity index (χ3n) is 2.78. The van der Waals surface area contributed by atoms with Gasteiger partial charge >= 0.3 is 0 Å². The molecule has 78 valence electrons. The summed E-state index contributed by atoms with van der Waals surface area (Å²) >= 11 is 0. The van der Waals surface area contributed by atoms with E-state index in [1.165, 1.54) is 0 Å². The molecule has 2 heterocycles. The summed E-state index contributed by atoms with van der Waals surface area (Å²) in [5.41, 5.74) is 2.15. The Morgan fingerprint density at radius 2 is 2.20 bits per heavy atom. The van der Waals surface area contributed by atoms with Crippen molar-refractivity contribution in [1.29, 1.82) is 0 Å². The lowest BCUT2D eigenvalue weighted by Crippen LogP contribution is -2.55. The molecule has 3 rings (SSSR count). The molecular formula is C11H14N4. The first-order valence-electron chi connectivity index (χ1n) is 5.29. The van der Waals surface area contributed by atoms with Crippen molar-refractivity contribution in [2.75, 3.05) is 13.1 Å². The van der Waals surface area contributed by atoms with E-state index >= 15 is 0 Å². The second-order valence-electron chi connectivity index (χ2n) is 3.94. The molecule has 1 saturated heterocycles. The summed E-state index contributed by atoms with van der Waals surface area (Å²) in [6.45, 7) is 2.96. The number of imidazole rings is 1. The van der Waals surface area contributed by atoms with Gasteiger partial charge in [-0.15, -0.1) is 0 Å². The number of rotatable bonds is 3. The maximum absolute atomic E-state index is 4.50. The van der Waals surface area contributed by atoms with Crippen molar-refractivity contribution < 1.29 is 0 Å². The maximum atomic E-state index is 4.50. The highest BCUT2D eigenvalue weighted by atomic mass is 15.1. The molecule has 0 bridgehead atoms. The van der Waals surface area contributed by atoms with Gasteiger partial charge in [0.1, 0.15) is 5.82 Å². The Labute approximate surface area is 88.1 Å². The zero-order valence-corrected chi connectivity index (χ0v) is 8.46. The number of nitrogens with one attached hydrogen (secondary N) is 3. The van der Waals surface area contributed by atoms with Crippen LogP contribution >= 0.6 is 0 Å². The fraction of sp³-hybridized carbons (Fsp3) is 0.364. The molecule has 0 atom stereocenters. The van der Waals surface area contributed by atoms with Crippen LogP contribution in [0, 0.1) is 0 Å². The Hall–Kier alpha value is -1.39. The molecule has 0 aliphatic carbocycles. The van der Waals surface area contributed by atoms with Gasteiger partial charge < -0.3 is 15.6 Å². The number of aromatic amines is 1. The van der Waals surface area contributed by atoms with Crippen LogP contribution in [0.4, 0.5) is 0 Å². The average Bonchev–Trinajstić information content (AvgIpc) is 2.57. The van der Waals surface area contributed by atoms with Crippen LogP contribution in [0.25, 0.3) is 11.0 Å². The van der Waals surface area contributed by atoms with Crippen molar-refractivity contribution in [3.05, 3.63) is 30.1 Å². The molecule has 1 aliphatic heterocycles. The third-order valence-corrected chi connectivity index (χ3v) is 2.78.